The zero-order valence-electron chi connectivity index (χ0n) is 10.4. The van der Waals surface area contributed by atoms with Crippen LogP contribution in [0.2, 0.25) is 0 Å². The van der Waals surface area contributed by atoms with E-state index in [0.29, 0.717) is 0 Å². The lowest BCUT2D eigenvalue weighted by Gasteiger charge is -2.36. The van der Waals surface area contributed by atoms with Crippen LogP contribution in [0.5, 0.6) is 0 Å². The van der Waals surface area contributed by atoms with Gasteiger partial charge in [0.15, 0.2) is 0 Å². The van der Waals surface area contributed by atoms with Crippen LogP contribution in [0.3, 0.4) is 0 Å². The molecular weight excluding hydrogens is 215 g/mol. The minimum Gasteiger partial charge on any atom is -0.369 e. The Bertz CT molecular complexity index is 329. The molecule has 1 aromatic carbocycles. The molecule has 1 heterocycles. The van der Waals surface area contributed by atoms with Crippen LogP contribution in [0.4, 0.5) is 10.1 Å². The van der Waals surface area contributed by atoms with E-state index in [1.165, 1.54) is 12.1 Å². The fourth-order valence-electron chi connectivity index (χ4n) is 2.15. The number of hydrogen-bond acceptors (Lipinski definition) is 2. The van der Waals surface area contributed by atoms with Gasteiger partial charge in [-0.15, -0.1) is 0 Å². The lowest BCUT2D eigenvalue weighted by molar-refractivity contribution is 0.275. The van der Waals surface area contributed by atoms with Gasteiger partial charge in [-0.1, -0.05) is 13.3 Å². The molecule has 1 aliphatic heterocycles. The second-order valence-electron chi connectivity index (χ2n) is 4.46. The molecule has 17 heavy (non-hydrogen) atoms. The fourth-order valence-corrected chi connectivity index (χ4v) is 2.15. The molecule has 0 N–H and O–H groups in total. The number of hydrogen-bond donors (Lipinski definition) is 0. The Morgan fingerprint density at radius 2 is 1.76 bits per heavy atom. The average Bonchev–Trinajstić information content (AvgIpc) is 2.38. The molecule has 1 aliphatic rings. The summed E-state index contributed by atoms with van der Waals surface area (Å²) in [7, 11) is 0. The maximum absolute atomic E-state index is 12.8. The van der Waals surface area contributed by atoms with Crippen molar-refractivity contribution in [3.63, 3.8) is 0 Å². The predicted octanol–water partition coefficient (Wildman–Crippen LogP) is 2.56. The second kappa shape index (κ2) is 6.01. The Morgan fingerprint density at radius 1 is 1.12 bits per heavy atom. The summed E-state index contributed by atoms with van der Waals surface area (Å²) < 4.78 is 12.8. The third-order valence-electron chi connectivity index (χ3n) is 3.24. The summed E-state index contributed by atoms with van der Waals surface area (Å²) in [6, 6.07) is 6.80. The first-order chi connectivity index (χ1) is 8.29. The normalized spacial score (nSPS) is 17.4. The highest BCUT2D eigenvalue weighted by Crippen LogP contribution is 2.16. The molecular formula is C14H20FN2. The number of halogens is 1. The molecule has 1 aromatic rings. The van der Waals surface area contributed by atoms with Gasteiger partial charge >= 0.3 is 0 Å². The molecule has 0 aliphatic carbocycles. The van der Waals surface area contributed by atoms with Gasteiger partial charge in [-0.05, 0) is 30.7 Å². The highest BCUT2D eigenvalue weighted by Gasteiger charge is 2.16. The van der Waals surface area contributed by atoms with Crippen molar-refractivity contribution in [2.75, 3.05) is 37.6 Å². The largest absolute Gasteiger partial charge is 0.369 e. The van der Waals surface area contributed by atoms with Crippen LogP contribution in [0, 0.1) is 12.2 Å². The highest BCUT2D eigenvalue weighted by atomic mass is 19.1. The molecule has 1 saturated heterocycles. The van der Waals surface area contributed by atoms with Gasteiger partial charge < -0.3 is 4.90 Å². The third kappa shape index (κ3) is 3.43. The molecule has 0 amide bonds. The smallest absolute Gasteiger partial charge is 0.123 e. The van der Waals surface area contributed by atoms with Crippen LogP contribution < -0.4 is 4.90 Å². The summed E-state index contributed by atoms with van der Waals surface area (Å²) >= 11 is 0. The van der Waals surface area contributed by atoms with Crippen LogP contribution in [0.1, 0.15) is 13.3 Å². The molecule has 2 nitrogen and oxygen atoms in total. The predicted molar refractivity (Wildman–Crippen MR) is 69.6 cm³/mol. The summed E-state index contributed by atoms with van der Waals surface area (Å²) in [5, 5.41) is 0. The Kier molecular flexibility index (Phi) is 4.37. The van der Waals surface area contributed by atoms with Crippen molar-refractivity contribution < 1.29 is 4.39 Å². The van der Waals surface area contributed by atoms with E-state index in [9.17, 15) is 4.39 Å². The van der Waals surface area contributed by atoms with E-state index in [-0.39, 0.29) is 5.82 Å². The summed E-state index contributed by atoms with van der Waals surface area (Å²) in [5.74, 6) is -0.162. The minimum atomic E-state index is -0.162. The molecule has 0 bridgehead atoms. The molecule has 3 heteroatoms. The maximum atomic E-state index is 12.8. The molecule has 1 radical (unpaired) electrons. The zero-order chi connectivity index (χ0) is 12.1. The Balaban J connectivity index is 1.84. The summed E-state index contributed by atoms with van der Waals surface area (Å²) in [6.45, 7) is 7.51. The van der Waals surface area contributed by atoms with Crippen molar-refractivity contribution in [1.82, 2.24) is 4.90 Å². The molecule has 0 atom stereocenters. The minimum absolute atomic E-state index is 0.162. The Hall–Kier alpha value is -1.09. The van der Waals surface area contributed by atoms with Gasteiger partial charge in [0.2, 0.25) is 0 Å². The lowest BCUT2D eigenvalue weighted by Crippen LogP contribution is -2.46. The molecule has 0 spiro atoms. The molecule has 1 fully saturated rings. The monoisotopic (exact) mass is 235 g/mol. The number of anilines is 1. The van der Waals surface area contributed by atoms with Crippen LogP contribution in [0.15, 0.2) is 24.3 Å². The van der Waals surface area contributed by atoms with Gasteiger partial charge in [-0.25, -0.2) is 4.39 Å². The van der Waals surface area contributed by atoms with Crippen LogP contribution in [0.25, 0.3) is 0 Å². The summed E-state index contributed by atoms with van der Waals surface area (Å²) in [4.78, 5) is 4.78. The van der Waals surface area contributed by atoms with E-state index in [4.69, 9.17) is 0 Å². The van der Waals surface area contributed by atoms with Crippen LogP contribution in [-0.4, -0.2) is 37.6 Å². The van der Waals surface area contributed by atoms with Crippen LogP contribution >= 0.6 is 0 Å². The number of unbranched alkanes of at least 4 members (excludes halogenated alkanes) is 1. The molecule has 0 unspecified atom stereocenters. The van der Waals surface area contributed by atoms with E-state index < -0.39 is 0 Å². The van der Waals surface area contributed by atoms with Gasteiger partial charge in [-0.3, -0.25) is 4.90 Å². The first-order valence-electron chi connectivity index (χ1n) is 6.34. The Labute approximate surface area is 103 Å². The van der Waals surface area contributed by atoms with Crippen molar-refractivity contribution >= 4 is 5.69 Å². The molecule has 0 saturated carbocycles. The number of benzene rings is 1. The summed E-state index contributed by atoms with van der Waals surface area (Å²) in [5.41, 5.74) is 1.13. The summed E-state index contributed by atoms with van der Waals surface area (Å²) in [6.07, 6.45) is 3.45. The van der Waals surface area contributed by atoms with Gasteiger partial charge in [0, 0.05) is 38.4 Å². The van der Waals surface area contributed by atoms with Crippen molar-refractivity contribution in [3.05, 3.63) is 36.5 Å². The van der Waals surface area contributed by atoms with Crippen molar-refractivity contribution in [3.8, 4) is 0 Å². The van der Waals surface area contributed by atoms with Crippen molar-refractivity contribution in [1.29, 1.82) is 0 Å². The van der Waals surface area contributed by atoms with E-state index in [0.717, 1.165) is 44.8 Å². The van der Waals surface area contributed by atoms with Gasteiger partial charge in [0.05, 0.1) is 0 Å². The second-order valence-corrected chi connectivity index (χ2v) is 4.46. The van der Waals surface area contributed by atoms with Crippen molar-refractivity contribution in [2.45, 2.75) is 13.3 Å². The fraction of sp³-hybridized carbons (Fsp3) is 0.500. The third-order valence-corrected chi connectivity index (χ3v) is 3.24. The maximum Gasteiger partial charge on any atom is 0.123 e. The quantitative estimate of drug-likeness (QED) is 0.791. The van der Waals surface area contributed by atoms with E-state index >= 15 is 0 Å². The number of piperazine rings is 1. The average molecular weight is 235 g/mol. The topological polar surface area (TPSA) is 6.48 Å². The standard InChI is InChI=1S/C14H20FN2/c1-2-3-8-16-9-11-17(12-10-16)14-6-4-13(15)5-7-14/h3-7H,2,8-12H2,1H3. The number of rotatable bonds is 4. The molecule has 93 valence electrons. The zero-order valence-corrected chi connectivity index (χ0v) is 10.4. The first-order valence-corrected chi connectivity index (χ1v) is 6.34. The lowest BCUT2D eigenvalue weighted by atomic mass is 10.2. The molecule has 2 rings (SSSR count). The van der Waals surface area contributed by atoms with Gasteiger partial charge in [-0.2, -0.15) is 0 Å². The van der Waals surface area contributed by atoms with Crippen LogP contribution in [-0.2, 0) is 0 Å². The van der Waals surface area contributed by atoms with E-state index in [1.807, 2.05) is 12.1 Å². The van der Waals surface area contributed by atoms with E-state index in [2.05, 4.69) is 23.1 Å². The van der Waals surface area contributed by atoms with Gasteiger partial charge in [0.25, 0.3) is 0 Å². The number of nitrogens with zero attached hydrogens (tertiary/aromatic N) is 2. The Morgan fingerprint density at radius 3 is 2.35 bits per heavy atom. The SMILES string of the molecule is CC[CH]CN1CCN(c2ccc(F)cc2)CC1. The van der Waals surface area contributed by atoms with Crippen molar-refractivity contribution in [2.24, 2.45) is 0 Å². The van der Waals surface area contributed by atoms with E-state index in [1.54, 1.807) is 0 Å². The first kappa shape index (κ1) is 12.4. The highest BCUT2D eigenvalue weighted by molar-refractivity contribution is 5.46. The molecule has 0 aromatic heterocycles. The van der Waals surface area contributed by atoms with Gasteiger partial charge in [0.1, 0.15) is 5.82 Å².